The molecule has 0 unspecified atom stereocenters. The van der Waals surface area contributed by atoms with E-state index in [-0.39, 0.29) is 23.5 Å². The van der Waals surface area contributed by atoms with Gasteiger partial charge in [-0.2, -0.15) is 5.26 Å². The van der Waals surface area contributed by atoms with E-state index < -0.39 is 22.9 Å². The Morgan fingerprint density at radius 2 is 2.17 bits per heavy atom. The summed E-state index contributed by atoms with van der Waals surface area (Å²) in [5, 5.41) is 11.8. The predicted octanol–water partition coefficient (Wildman–Crippen LogP) is 3.98. The maximum atomic E-state index is 14.7. The van der Waals surface area contributed by atoms with Crippen molar-refractivity contribution in [2.24, 2.45) is 5.41 Å². The fraction of sp³-hybridized carbons (Fsp3) is 0.500. The van der Waals surface area contributed by atoms with Crippen LogP contribution in [-0.4, -0.2) is 17.5 Å². The van der Waals surface area contributed by atoms with E-state index in [1.165, 1.54) is 12.1 Å². The lowest BCUT2D eigenvalue weighted by Gasteiger charge is -2.21. The number of nitriles is 1. The van der Waals surface area contributed by atoms with Gasteiger partial charge >= 0.3 is 6.09 Å². The lowest BCUT2D eigenvalue weighted by molar-refractivity contribution is -0.123. The molecule has 1 aliphatic rings. The van der Waals surface area contributed by atoms with Crippen LogP contribution in [0.1, 0.15) is 45.6 Å². The lowest BCUT2D eigenvalue weighted by atomic mass is 9.80. The molecule has 1 amide bonds. The summed E-state index contributed by atoms with van der Waals surface area (Å²) in [7, 11) is 0. The van der Waals surface area contributed by atoms with Crippen LogP contribution in [0.2, 0.25) is 0 Å². The Morgan fingerprint density at radius 1 is 1.46 bits per heavy atom. The van der Waals surface area contributed by atoms with Crippen LogP contribution in [-0.2, 0) is 16.0 Å². The van der Waals surface area contributed by atoms with Crippen molar-refractivity contribution in [1.29, 1.82) is 5.26 Å². The maximum Gasteiger partial charge on any atom is 0.412 e. The van der Waals surface area contributed by atoms with Crippen molar-refractivity contribution in [1.82, 2.24) is 0 Å². The Hall–Kier alpha value is -2.42. The fourth-order valence-corrected chi connectivity index (χ4v) is 2.83. The molecule has 24 heavy (non-hydrogen) atoms. The molecule has 0 radical (unpaired) electrons. The molecule has 1 N–H and O–H groups in total. The Morgan fingerprint density at radius 3 is 2.71 bits per heavy atom. The highest BCUT2D eigenvalue weighted by molar-refractivity contribution is 5.90. The highest BCUT2D eigenvalue weighted by Gasteiger charge is 2.43. The number of carbonyl (C=O) groups excluding carboxylic acids is 2. The Balaban J connectivity index is 2.21. The van der Waals surface area contributed by atoms with Gasteiger partial charge in [0.1, 0.15) is 16.8 Å². The highest BCUT2D eigenvalue weighted by Crippen LogP contribution is 2.38. The summed E-state index contributed by atoms with van der Waals surface area (Å²) in [5.41, 5.74) is -1.65. The molecule has 1 saturated carbocycles. The van der Waals surface area contributed by atoms with Crippen molar-refractivity contribution >= 4 is 17.6 Å². The zero-order valence-corrected chi connectivity index (χ0v) is 14.1. The second-order valence-electron chi connectivity index (χ2n) is 7.05. The molecule has 0 aliphatic heterocycles. The summed E-state index contributed by atoms with van der Waals surface area (Å²) in [6.07, 6.45) is 0.684. The maximum absolute atomic E-state index is 14.7. The number of nitrogens with zero attached hydrogens (tertiary/aromatic N) is 1. The molecule has 1 atom stereocenters. The van der Waals surface area contributed by atoms with Gasteiger partial charge < -0.3 is 4.74 Å². The minimum absolute atomic E-state index is 0.0119. The van der Waals surface area contributed by atoms with Gasteiger partial charge in [0.2, 0.25) is 0 Å². The van der Waals surface area contributed by atoms with Crippen LogP contribution in [0.25, 0.3) is 0 Å². The van der Waals surface area contributed by atoms with E-state index in [9.17, 15) is 19.2 Å². The molecule has 0 bridgehead atoms. The molecule has 0 saturated heterocycles. The van der Waals surface area contributed by atoms with Gasteiger partial charge in [-0.3, -0.25) is 10.1 Å². The van der Waals surface area contributed by atoms with E-state index in [0.29, 0.717) is 19.3 Å². The first-order valence-corrected chi connectivity index (χ1v) is 7.89. The number of ketones is 1. The molecular formula is C18H21FN2O3. The normalized spacial score (nSPS) is 20.5. The summed E-state index contributed by atoms with van der Waals surface area (Å²) in [5.74, 6) is -0.785. The van der Waals surface area contributed by atoms with Gasteiger partial charge in [-0.25, -0.2) is 9.18 Å². The summed E-state index contributed by atoms with van der Waals surface area (Å²) in [6, 6.07) is 6.59. The third-order valence-electron chi connectivity index (χ3n) is 3.96. The summed E-state index contributed by atoms with van der Waals surface area (Å²) in [6.45, 7) is 5.13. The van der Waals surface area contributed by atoms with Gasteiger partial charge in [-0.05, 0) is 45.2 Å². The second-order valence-corrected chi connectivity index (χ2v) is 7.05. The fourth-order valence-electron chi connectivity index (χ4n) is 2.83. The standard InChI is InChI=1S/C18H21FN2O3/c1-17(2,3)24-16(23)21-13-7-4-6-12(15(13)19)10-18(11-20)9-5-8-14(18)22/h4,6-7H,5,8-10H2,1-3H3,(H,21,23)/t18-/m0/s1. The first-order chi connectivity index (χ1) is 11.2. The first-order valence-electron chi connectivity index (χ1n) is 7.89. The van der Waals surface area contributed by atoms with Crippen molar-refractivity contribution in [2.75, 3.05) is 5.32 Å². The Bertz CT molecular complexity index is 703. The number of hydrogen-bond donors (Lipinski definition) is 1. The number of amides is 1. The number of hydrogen-bond acceptors (Lipinski definition) is 4. The van der Waals surface area contributed by atoms with Crippen LogP contribution in [0.5, 0.6) is 0 Å². The number of ether oxygens (including phenoxy) is 1. The number of nitrogens with one attached hydrogen (secondary N) is 1. The van der Waals surface area contributed by atoms with Gasteiger partial charge in [-0.15, -0.1) is 0 Å². The van der Waals surface area contributed by atoms with Crippen molar-refractivity contribution in [2.45, 2.75) is 52.1 Å². The molecule has 1 aliphatic carbocycles. The van der Waals surface area contributed by atoms with Crippen LogP contribution in [0.3, 0.4) is 0 Å². The molecular weight excluding hydrogens is 311 g/mol. The van der Waals surface area contributed by atoms with Crippen molar-refractivity contribution in [3.63, 3.8) is 0 Å². The minimum Gasteiger partial charge on any atom is -0.444 e. The molecule has 0 spiro atoms. The van der Waals surface area contributed by atoms with E-state index in [1.54, 1.807) is 26.8 Å². The van der Waals surface area contributed by atoms with Crippen LogP contribution < -0.4 is 5.32 Å². The van der Waals surface area contributed by atoms with Gasteiger partial charge in [-0.1, -0.05) is 12.1 Å². The number of halogens is 1. The van der Waals surface area contributed by atoms with E-state index in [1.807, 2.05) is 0 Å². The molecule has 1 fully saturated rings. The number of carbonyl (C=O) groups is 2. The quantitative estimate of drug-likeness (QED) is 0.908. The largest absolute Gasteiger partial charge is 0.444 e. The minimum atomic E-state index is -1.16. The number of benzene rings is 1. The molecule has 6 heteroatoms. The molecule has 2 rings (SSSR count). The molecule has 0 aromatic heterocycles. The van der Waals surface area contributed by atoms with E-state index >= 15 is 0 Å². The molecule has 1 aromatic rings. The van der Waals surface area contributed by atoms with Crippen molar-refractivity contribution in [3.05, 3.63) is 29.6 Å². The molecule has 0 heterocycles. The van der Waals surface area contributed by atoms with Crippen molar-refractivity contribution < 1.29 is 18.7 Å². The Kier molecular flexibility index (Phi) is 4.93. The third-order valence-corrected chi connectivity index (χ3v) is 3.96. The van der Waals surface area contributed by atoms with Gasteiger partial charge in [0.25, 0.3) is 0 Å². The van der Waals surface area contributed by atoms with Crippen LogP contribution in [0.4, 0.5) is 14.9 Å². The number of rotatable bonds is 3. The van der Waals surface area contributed by atoms with Gasteiger partial charge in [0.05, 0.1) is 11.8 Å². The molecule has 5 nitrogen and oxygen atoms in total. The molecule has 1 aromatic carbocycles. The average molecular weight is 332 g/mol. The first kappa shape index (κ1) is 17.9. The van der Waals surface area contributed by atoms with Crippen molar-refractivity contribution in [3.8, 4) is 6.07 Å². The lowest BCUT2D eigenvalue weighted by Crippen LogP contribution is -2.28. The second kappa shape index (κ2) is 6.60. The number of anilines is 1. The Labute approximate surface area is 140 Å². The zero-order valence-electron chi connectivity index (χ0n) is 14.1. The monoisotopic (exact) mass is 332 g/mol. The topological polar surface area (TPSA) is 79.2 Å². The van der Waals surface area contributed by atoms with E-state index in [4.69, 9.17) is 4.74 Å². The van der Waals surface area contributed by atoms with Crippen LogP contribution in [0.15, 0.2) is 18.2 Å². The summed E-state index contributed by atoms with van der Waals surface area (Å²) < 4.78 is 19.8. The zero-order chi connectivity index (χ0) is 18.0. The van der Waals surface area contributed by atoms with E-state index in [2.05, 4.69) is 11.4 Å². The highest BCUT2D eigenvalue weighted by atomic mass is 19.1. The summed E-state index contributed by atoms with van der Waals surface area (Å²) >= 11 is 0. The SMILES string of the molecule is CC(C)(C)OC(=O)Nc1cccc(C[C@]2(C#N)CCCC2=O)c1F. The predicted molar refractivity (Wildman–Crippen MR) is 86.9 cm³/mol. The van der Waals surface area contributed by atoms with Gasteiger partial charge in [0.15, 0.2) is 5.78 Å². The smallest absolute Gasteiger partial charge is 0.412 e. The van der Waals surface area contributed by atoms with Crippen LogP contribution >= 0.6 is 0 Å². The van der Waals surface area contributed by atoms with Gasteiger partial charge in [0, 0.05) is 12.8 Å². The third kappa shape index (κ3) is 3.91. The number of Topliss-reactive ketones (excluding diaryl/α,β-unsaturated/α-hetero) is 1. The van der Waals surface area contributed by atoms with Crippen LogP contribution in [0, 0.1) is 22.6 Å². The summed E-state index contributed by atoms with van der Waals surface area (Å²) in [4.78, 5) is 23.8. The van der Waals surface area contributed by atoms with E-state index in [0.717, 1.165) is 0 Å². The molecule has 128 valence electrons. The average Bonchev–Trinajstić information content (AvgIpc) is 2.83.